The number of rotatable bonds is 9. The highest BCUT2D eigenvalue weighted by Crippen LogP contribution is 2.15. The van der Waals surface area contributed by atoms with Crippen molar-refractivity contribution in [2.75, 3.05) is 13.7 Å². The Labute approximate surface area is 161 Å². The molecule has 0 unspecified atom stereocenters. The van der Waals surface area contributed by atoms with Crippen LogP contribution in [0.1, 0.15) is 44.3 Å². The van der Waals surface area contributed by atoms with Gasteiger partial charge in [-0.05, 0) is 42.7 Å². The van der Waals surface area contributed by atoms with Gasteiger partial charge in [-0.25, -0.2) is 4.98 Å². The summed E-state index contributed by atoms with van der Waals surface area (Å²) >= 11 is 0. The van der Waals surface area contributed by atoms with Crippen LogP contribution in [-0.4, -0.2) is 29.1 Å². The summed E-state index contributed by atoms with van der Waals surface area (Å²) in [7, 11) is 1.65. The number of hydrogen-bond donors (Lipinski definition) is 1. The van der Waals surface area contributed by atoms with Gasteiger partial charge in [-0.1, -0.05) is 38.1 Å². The SMILES string of the molecule is C/C=C/c1cn(CCC(=O)NCC(C)C)c(/C=C/c2ccc(OC)cc2)n1. The Kier molecular flexibility index (Phi) is 7.86. The smallest absolute Gasteiger partial charge is 0.221 e. The van der Waals surface area contributed by atoms with Crippen LogP contribution in [0.25, 0.3) is 18.2 Å². The lowest BCUT2D eigenvalue weighted by atomic mass is 10.2. The minimum atomic E-state index is 0.0649. The number of carbonyl (C=O) groups excluding carboxylic acids is 1. The van der Waals surface area contributed by atoms with Gasteiger partial charge in [0.05, 0.1) is 12.8 Å². The number of allylic oxidation sites excluding steroid dienone is 1. The van der Waals surface area contributed by atoms with E-state index in [0.717, 1.165) is 22.8 Å². The third-order valence-corrected chi connectivity index (χ3v) is 3.99. The molecule has 0 spiro atoms. The Bertz CT molecular complexity index is 786. The van der Waals surface area contributed by atoms with Crippen LogP contribution in [0.3, 0.4) is 0 Å². The molecule has 5 nitrogen and oxygen atoms in total. The summed E-state index contributed by atoms with van der Waals surface area (Å²) in [6.45, 7) is 7.43. The van der Waals surface area contributed by atoms with Crippen molar-refractivity contribution in [2.45, 2.75) is 33.7 Å². The zero-order valence-corrected chi connectivity index (χ0v) is 16.6. The quantitative estimate of drug-likeness (QED) is 0.720. The standard InChI is InChI=1S/C22H29N3O2/c1-5-6-19-16-25(14-13-22(26)23-15-17(2)3)21(24-19)12-9-18-7-10-20(27-4)11-8-18/h5-12,16-17H,13-15H2,1-4H3,(H,23,26)/b6-5+,12-9+. The molecule has 144 valence electrons. The highest BCUT2D eigenvalue weighted by molar-refractivity contribution is 5.76. The maximum Gasteiger partial charge on any atom is 0.221 e. The number of hydrogen-bond acceptors (Lipinski definition) is 3. The molecule has 5 heteroatoms. The summed E-state index contributed by atoms with van der Waals surface area (Å²) < 4.78 is 7.20. The number of nitrogens with zero attached hydrogens (tertiary/aromatic N) is 2. The van der Waals surface area contributed by atoms with E-state index in [1.54, 1.807) is 7.11 Å². The summed E-state index contributed by atoms with van der Waals surface area (Å²) in [5.41, 5.74) is 1.95. The molecule has 0 fully saturated rings. The van der Waals surface area contributed by atoms with Crippen molar-refractivity contribution in [1.82, 2.24) is 14.9 Å². The number of ether oxygens (including phenoxy) is 1. The van der Waals surface area contributed by atoms with E-state index in [1.165, 1.54) is 0 Å². The molecule has 1 N–H and O–H groups in total. The van der Waals surface area contributed by atoms with Crippen molar-refractivity contribution >= 4 is 24.1 Å². The van der Waals surface area contributed by atoms with Crippen molar-refractivity contribution < 1.29 is 9.53 Å². The van der Waals surface area contributed by atoms with Crippen molar-refractivity contribution in [2.24, 2.45) is 5.92 Å². The van der Waals surface area contributed by atoms with Gasteiger partial charge in [0.2, 0.25) is 5.91 Å². The molecule has 0 bridgehead atoms. The highest BCUT2D eigenvalue weighted by atomic mass is 16.5. The summed E-state index contributed by atoms with van der Waals surface area (Å²) in [6.07, 6.45) is 10.3. The molecule has 0 aliphatic carbocycles. The van der Waals surface area contributed by atoms with E-state index in [4.69, 9.17) is 4.74 Å². The van der Waals surface area contributed by atoms with Crippen LogP contribution < -0.4 is 10.1 Å². The number of aryl methyl sites for hydroxylation is 1. The lowest BCUT2D eigenvalue weighted by Crippen LogP contribution is -2.28. The minimum Gasteiger partial charge on any atom is -0.497 e. The second-order valence-electron chi connectivity index (χ2n) is 6.77. The molecule has 27 heavy (non-hydrogen) atoms. The fraction of sp³-hybridized carbons (Fsp3) is 0.364. The second kappa shape index (κ2) is 10.4. The normalized spacial score (nSPS) is 11.6. The topological polar surface area (TPSA) is 56.2 Å². The predicted molar refractivity (Wildman–Crippen MR) is 111 cm³/mol. The van der Waals surface area contributed by atoms with Crippen LogP contribution in [-0.2, 0) is 11.3 Å². The van der Waals surface area contributed by atoms with E-state index in [-0.39, 0.29) is 5.91 Å². The first-order chi connectivity index (χ1) is 13.0. The number of methoxy groups -OCH3 is 1. The summed E-state index contributed by atoms with van der Waals surface area (Å²) in [6, 6.07) is 7.84. The van der Waals surface area contributed by atoms with E-state index < -0.39 is 0 Å². The molecule has 1 aromatic carbocycles. The van der Waals surface area contributed by atoms with Gasteiger partial charge in [0, 0.05) is 25.7 Å². The number of carbonyl (C=O) groups is 1. The molecule has 0 saturated carbocycles. The Morgan fingerprint density at radius 1 is 1.22 bits per heavy atom. The Hall–Kier alpha value is -2.82. The first-order valence-electron chi connectivity index (χ1n) is 9.30. The summed E-state index contributed by atoms with van der Waals surface area (Å²) in [4.78, 5) is 16.6. The lowest BCUT2D eigenvalue weighted by molar-refractivity contribution is -0.121. The maximum absolute atomic E-state index is 12.0. The van der Waals surface area contributed by atoms with Crippen molar-refractivity contribution in [3.63, 3.8) is 0 Å². The summed E-state index contributed by atoms with van der Waals surface area (Å²) in [5, 5.41) is 2.96. The van der Waals surface area contributed by atoms with Crippen molar-refractivity contribution in [3.8, 4) is 5.75 Å². The fourth-order valence-electron chi connectivity index (χ4n) is 2.53. The molecular weight excluding hydrogens is 338 g/mol. The van der Waals surface area contributed by atoms with E-state index in [2.05, 4.69) is 24.1 Å². The lowest BCUT2D eigenvalue weighted by Gasteiger charge is -2.08. The van der Waals surface area contributed by atoms with Gasteiger partial charge in [0.15, 0.2) is 0 Å². The number of nitrogens with one attached hydrogen (secondary N) is 1. The second-order valence-corrected chi connectivity index (χ2v) is 6.77. The van der Waals surface area contributed by atoms with Crippen LogP contribution in [0.4, 0.5) is 0 Å². The van der Waals surface area contributed by atoms with Crippen LogP contribution in [0.15, 0.2) is 36.5 Å². The van der Waals surface area contributed by atoms with Crippen molar-refractivity contribution in [3.05, 3.63) is 53.6 Å². The zero-order chi connectivity index (χ0) is 19.6. The third-order valence-electron chi connectivity index (χ3n) is 3.99. The molecule has 0 saturated heterocycles. The van der Waals surface area contributed by atoms with Gasteiger partial charge >= 0.3 is 0 Å². The molecule has 0 atom stereocenters. The zero-order valence-electron chi connectivity index (χ0n) is 16.6. The molecule has 0 aliphatic rings. The van der Waals surface area contributed by atoms with E-state index >= 15 is 0 Å². The van der Waals surface area contributed by atoms with Crippen LogP contribution >= 0.6 is 0 Å². The molecule has 1 amide bonds. The Morgan fingerprint density at radius 3 is 2.59 bits per heavy atom. The number of benzene rings is 1. The molecule has 2 rings (SSSR count). The highest BCUT2D eigenvalue weighted by Gasteiger charge is 2.07. The average molecular weight is 367 g/mol. The average Bonchev–Trinajstić information content (AvgIpc) is 3.05. The molecule has 2 aromatic rings. The molecule has 1 heterocycles. The number of amides is 1. The summed E-state index contributed by atoms with van der Waals surface area (Å²) in [5.74, 6) is 2.17. The minimum absolute atomic E-state index is 0.0649. The maximum atomic E-state index is 12.0. The van der Waals surface area contributed by atoms with Crippen molar-refractivity contribution in [1.29, 1.82) is 0 Å². The van der Waals surface area contributed by atoms with Gasteiger partial charge in [0.1, 0.15) is 11.6 Å². The van der Waals surface area contributed by atoms with Crippen LogP contribution in [0, 0.1) is 5.92 Å². The molecule has 0 aliphatic heterocycles. The third kappa shape index (κ3) is 6.77. The Balaban J connectivity index is 2.09. The number of imidazole rings is 1. The van der Waals surface area contributed by atoms with Gasteiger partial charge in [0.25, 0.3) is 0 Å². The van der Waals surface area contributed by atoms with E-state index in [9.17, 15) is 4.79 Å². The van der Waals surface area contributed by atoms with E-state index in [0.29, 0.717) is 25.4 Å². The predicted octanol–water partition coefficient (Wildman–Crippen LogP) is 4.26. The monoisotopic (exact) mass is 367 g/mol. The van der Waals surface area contributed by atoms with Crippen LogP contribution in [0.5, 0.6) is 5.75 Å². The Morgan fingerprint density at radius 2 is 1.96 bits per heavy atom. The van der Waals surface area contributed by atoms with Crippen LogP contribution in [0.2, 0.25) is 0 Å². The molecule has 1 aromatic heterocycles. The largest absolute Gasteiger partial charge is 0.497 e. The first kappa shape index (κ1) is 20.5. The molecule has 0 radical (unpaired) electrons. The first-order valence-corrected chi connectivity index (χ1v) is 9.30. The van der Waals surface area contributed by atoms with E-state index in [1.807, 2.05) is 66.3 Å². The van der Waals surface area contributed by atoms with Gasteiger partial charge in [-0.2, -0.15) is 0 Å². The molecular formula is C22H29N3O2. The van der Waals surface area contributed by atoms with Gasteiger partial charge in [-0.3, -0.25) is 4.79 Å². The van der Waals surface area contributed by atoms with Gasteiger partial charge in [-0.15, -0.1) is 0 Å². The fourth-order valence-corrected chi connectivity index (χ4v) is 2.53. The van der Waals surface area contributed by atoms with Gasteiger partial charge < -0.3 is 14.6 Å². The number of aromatic nitrogens is 2.